The zero-order chi connectivity index (χ0) is 24.9. The van der Waals surface area contributed by atoms with Gasteiger partial charge in [0.25, 0.3) is 0 Å². The van der Waals surface area contributed by atoms with Crippen LogP contribution in [0.15, 0.2) is 49.7 Å². The van der Waals surface area contributed by atoms with Crippen LogP contribution in [0.5, 0.6) is 0 Å². The minimum absolute atomic E-state index is 0.960. The van der Waals surface area contributed by atoms with E-state index in [1.54, 1.807) is 0 Å². The molecular weight excluding hydrogens is 428 g/mol. The number of rotatable bonds is 4. The van der Waals surface area contributed by atoms with Crippen molar-refractivity contribution in [1.82, 2.24) is 9.97 Å². The van der Waals surface area contributed by atoms with Gasteiger partial charge >= 0.3 is 0 Å². The van der Waals surface area contributed by atoms with Crippen LogP contribution in [0.2, 0.25) is 0 Å². The Kier molecular flexibility index (Phi) is 6.00. The summed E-state index contributed by atoms with van der Waals surface area (Å²) in [7, 11) is 0. The lowest BCUT2D eigenvalue weighted by molar-refractivity contribution is 1.04. The molecule has 35 heavy (non-hydrogen) atoms. The van der Waals surface area contributed by atoms with E-state index in [2.05, 4.69) is 88.8 Å². The molecule has 0 radical (unpaired) electrons. The van der Waals surface area contributed by atoms with Gasteiger partial charge in [-0.15, -0.1) is 0 Å². The number of allylic oxidation sites excluding steroid dienone is 4. The van der Waals surface area contributed by atoms with E-state index in [1.165, 1.54) is 49.7 Å². The molecule has 0 saturated heterocycles. The van der Waals surface area contributed by atoms with Crippen molar-refractivity contribution < 1.29 is 0 Å². The van der Waals surface area contributed by atoms with E-state index in [4.69, 9.17) is 9.98 Å². The molecular formula is C31H36N4. The summed E-state index contributed by atoms with van der Waals surface area (Å²) in [4.78, 5) is 17.6. The van der Waals surface area contributed by atoms with Crippen LogP contribution in [0.25, 0.3) is 24.3 Å². The number of aromatic amines is 2. The van der Waals surface area contributed by atoms with Crippen molar-refractivity contribution in [2.75, 3.05) is 0 Å². The number of hydrogen-bond acceptors (Lipinski definition) is 2. The van der Waals surface area contributed by atoms with Crippen LogP contribution in [-0.4, -0.2) is 21.4 Å². The highest BCUT2D eigenvalue weighted by Crippen LogP contribution is 2.32. The van der Waals surface area contributed by atoms with Gasteiger partial charge in [-0.2, -0.15) is 0 Å². The van der Waals surface area contributed by atoms with Crippen molar-refractivity contribution >= 4 is 35.7 Å². The summed E-state index contributed by atoms with van der Waals surface area (Å²) in [6, 6.07) is 2.22. The minimum atomic E-state index is 0.960. The molecule has 2 aromatic heterocycles. The second kappa shape index (κ2) is 8.99. The predicted octanol–water partition coefficient (Wildman–Crippen LogP) is 6.09. The molecule has 2 aromatic rings. The lowest BCUT2D eigenvalue weighted by Gasteiger charge is -2.02. The fourth-order valence-electron chi connectivity index (χ4n) is 5.74. The highest BCUT2D eigenvalue weighted by molar-refractivity contribution is 6.24. The summed E-state index contributed by atoms with van der Waals surface area (Å²) >= 11 is 0. The Morgan fingerprint density at radius 3 is 1.63 bits per heavy atom. The molecule has 0 aromatic carbocycles. The highest BCUT2D eigenvalue weighted by atomic mass is 14.8. The fourth-order valence-corrected chi connectivity index (χ4v) is 5.74. The van der Waals surface area contributed by atoms with Crippen LogP contribution >= 0.6 is 0 Å². The molecule has 0 saturated carbocycles. The van der Waals surface area contributed by atoms with E-state index in [0.29, 0.717) is 0 Å². The molecule has 4 heteroatoms. The summed E-state index contributed by atoms with van der Waals surface area (Å²) in [6.45, 7) is 15.5. The molecule has 0 spiro atoms. The molecule has 0 atom stereocenters. The van der Waals surface area contributed by atoms with E-state index in [-0.39, 0.29) is 0 Å². The Morgan fingerprint density at radius 2 is 1.14 bits per heavy atom. The fraction of sp³-hybridized carbons (Fsp3) is 0.355. The van der Waals surface area contributed by atoms with Gasteiger partial charge in [-0.3, -0.25) is 0 Å². The SMILES string of the molecule is CCC1=C(C)C2=Cc3cc(c(C)[nH]3)C=C3N=C(C=c4[nH]c(c(CC)c4CC)=CC1=N2)C(CC)=C3C. The number of aryl methyl sites for hydroxylation is 1. The van der Waals surface area contributed by atoms with Crippen LogP contribution < -0.4 is 10.7 Å². The van der Waals surface area contributed by atoms with Crippen molar-refractivity contribution in [2.24, 2.45) is 9.98 Å². The van der Waals surface area contributed by atoms with Gasteiger partial charge in [0.05, 0.1) is 22.8 Å². The van der Waals surface area contributed by atoms with Gasteiger partial charge in [0.15, 0.2) is 0 Å². The lowest BCUT2D eigenvalue weighted by Crippen LogP contribution is -2.16. The van der Waals surface area contributed by atoms with E-state index < -0.39 is 0 Å². The van der Waals surface area contributed by atoms with Crippen molar-refractivity contribution in [2.45, 2.75) is 74.1 Å². The minimum Gasteiger partial charge on any atom is -0.359 e. The first-order valence-corrected chi connectivity index (χ1v) is 13.0. The Labute approximate surface area is 208 Å². The van der Waals surface area contributed by atoms with E-state index >= 15 is 0 Å². The van der Waals surface area contributed by atoms with Crippen molar-refractivity contribution in [1.29, 1.82) is 0 Å². The normalized spacial score (nSPS) is 17.2. The van der Waals surface area contributed by atoms with Crippen LogP contribution in [0, 0.1) is 6.92 Å². The predicted molar refractivity (Wildman–Crippen MR) is 150 cm³/mol. The van der Waals surface area contributed by atoms with E-state index in [1.807, 2.05) is 0 Å². The van der Waals surface area contributed by atoms with E-state index in [9.17, 15) is 0 Å². The molecule has 2 N–H and O–H groups in total. The first kappa shape index (κ1) is 23.3. The Balaban J connectivity index is 1.87. The number of nitrogens with one attached hydrogen (secondary N) is 2. The average molecular weight is 465 g/mol. The first-order chi connectivity index (χ1) is 16.9. The molecule has 0 amide bonds. The van der Waals surface area contributed by atoms with Crippen LogP contribution in [0.4, 0.5) is 0 Å². The highest BCUT2D eigenvalue weighted by Gasteiger charge is 2.21. The van der Waals surface area contributed by atoms with Gasteiger partial charge in [0.2, 0.25) is 0 Å². The molecule has 5 heterocycles. The second-order valence-electron chi connectivity index (χ2n) is 9.68. The number of aliphatic imine (C=N–C) groups is 2. The zero-order valence-electron chi connectivity index (χ0n) is 22.1. The number of H-pyrrole nitrogens is 2. The van der Waals surface area contributed by atoms with E-state index in [0.717, 1.165) is 59.9 Å². The van der Waals surface area contributed by atoms with Crippen LogP contribution in [0.1, 0.15) is 82.5 Å². The van der Waals surface area contributed by atoms with Gasteiger partial charge in [-0.25, -0.2) is 9.98 Å². The number of nitrogens with zero attached hydrogens (tertiary/aromatic N) is 2. The van der Waals surface area contributed by atoms with Gasteiger partial charge in [0.1, 0.15) is 0 Å². The Morgan fingerprint density at radius 1 is 0.629 bits per heavy atom. The molecule has 3 aliphatic heterocycles. The number of hydrogen-bond donors (Lipinski definition) is 2. The maximum Gasteiger partial charge on any atom is 0.0693 e. The van der Waals surface area contributed by atoms with Gasteiger partial charge < -0.3 is 9.97 Å². The maximum absolute atomic E-state index is 5.12. The standard InChI is InChI=1S/C31H36N4/c1-8-22-17(5)26-13-20-12-21(32-19(20)7)14-27-18(6)23(9-2)29(34-27)16-31-25(11-4)24(10-3)30(35-31)15-28(22)33-26/h12-16,32,35H,8-11H2,1-7H3. The second-order valence-corrected chi connectivity index (χ2v) is 9.68. The summed E-state index contributed by atoms with van der Waals surface area (Å²) in [6.07, 6.45) is 12.8. The van der Waals surface area contributed by atoms with Crippen LogP contribution in [-0.2, 0) is 12.8 Å². The quantitative estimate of drug-likeness (QED) is 0.550. The van der Waals surface area contributed by atoms with Gasteiger partial charge in [0, 0.05) is 22.1 Å². The summed E-state index contributed by atoms with van der Waals surface area (Å²) < 4.78 is 0. The largest absolute Gasteiger partial charge is 0.359 e. The Hall–Kier alpha value is -3.40. The third-order valence-electron chi connectivity index (χ3n) is 7.69. The molecule has 0 fully saturated rings. The third-order valence-corrected chi connectivity index (χ3v) is 7.69. The van der Waals surface area contributed by atoms with Gasteiger partial charge in [-0.1, -0.05) is 27.7 Å². The molecule has 0 aliphatic carbocycles. The topological polar surface area (TPSA) is 56.3 Å². The maximum atomic E-state index is 5.12. The zero-order valence-corrected chi connectivity index (χ0v) is 22.1. The Bertz CT molecular complexity index is 1540. The number of fused-ring (bicyclic) bond motifs is 6. The van der Waals surface area contributed by atoms with Crippen LogP contribution in [0.3, 0.4) is 0 Å². The average Bonchev–Trinajstić information content (AvgIpc) is 3.52. The molecule has 4 nitrogen and oxygen atoms in total. The third kappa shape index (κ3) is 3.85. The summed E-state index contributed by atoms with van der Waals surface area (Å²) in [5.74, 6) is 0. The van der Waals surface area contributed by atoms with Crippen molar-refractivity contribution in [3.63, 3.8) is 0 Å². The summed E-state index contributed by atoms with van der Waals surface area (Å²) in [5, 5.41) is 2.35. The smallest absolute Gasteiger partial charge is 0.0693 e. The number of aromatic nitrogens is 2. The van der Waals surface area contributed by atoms with Crippen molar-refractivity contribution in [3.8, 4) is 0 Å². The summed E-state index contributed by atoms with van der Waals surface area (Å²) in [5.41, 5.74) is 15.6. The molecule has 8 bridgehead atoms. The lowest BCUT2D eigenvalue weighted by atomic mass is 10.0. The monoisotopic (exact) mass is 464 g/mol. The first-order valence-electron chi connectivity index (χ1n) is 13.0. The molecule has 5 rings (SSSR count). The molecule has 180 valence electrons. The molecule has 3 aliphatic rings. The molecule has 0 unspecified atom stereocenters. The van der Waals surface area contributed by atoms with Crippen molar-refractivity contribution in [3.05, 3.63) is 78.5 Å². The van der Waals surface area contributed by atoms with Gasteiger partial charge in [-0.05, 0) is 116 Å².